The van der Waals surface area contributed by atoms with Gasteiger partial charge in [-0.05, 0) is 13.3 Å². The summed E-state index contributed by atoms with van der Waals surface area (Å²) in [6.07, 6.45) is 0.695. The summed E-state index contributed by atoms with van der Waals surface area (Å²) >= 11 is 0. The van der Waals surface area contributed by atoms with Crippen molar-refractivity contribution in [3.05, 3.63) is 0 Å². The Kier molecular flexibility index (Phi) is 3.68. The summed E-state index contributed by atoms with van der Waals surface area (Å²) in [6.45, 7) is 5.39. The third-order valence-electron chi connectivity index (χ3n) is 3.07. The molecule has 1 aliphatic rings. The van der Waals surface area contributed by atoms with E-state index in [0.29, 0.717) is 26.1 Å². The molecule has 15 heavy (non-hydrogen) atoms. The van der Waals surface area contributed by atoms with Gasteiger partial charge in [-0.25, -0.2) is 0 Å². The van der Waals surface area contributed by atoms with Crippen molar-refractivity contribution in [1.82, 2.24) is 10.2 Å². The molecule has 0 aliphatic carbocycles. The third-order valence-corrected chi connectivity index (χ3v) is 3.07. The maximum Gasteiger partial charge on any atom is 0.239 e. The fourth-order valence-corrected chi connectivity index (χ4v) is 1.58. The van der Waals surface area contributed by atoms with Crippen LogP contribution in [0.5, 0.6) is 0 Å². The van der Waals surface area contributed by atoms with Crippen LogP contribution in [-0.4, -0.2) is 42.9 Å². The molecule has 0 saturated carbocycles. The molecule has 0 aromatic carbocycles. The van der Waals surface area contributed by atoms with Gasteiger partial charge < -0.3 is 16.0 Å². The number of piperazine rings is 1. The Labute approximate surface area is 90.0 Å². The van der Waals surface area contributed by atoms with Crippen LogP contribution in [-0.2, 0) is 9.59 Å². The predicted molar refractivity (Wildman–Crippen MR) is 57.0 cm³/mol. The number of nitrogens with zero attached hydrogens (tertiary/aromatic N) is 1. The van der Waals surface area contributed by atoms with Crippen LogP contribution in [0.4, 0.5) is 0 Å². The maximum absolute atomic E-state index is 12.1. The fraction of sp³-hybridized carbons (Fsp3) is 0.800. The quantitative estimate of drug-likeness (QED) is 0.652. The smallest absolute Gasteiger partial charge is 0.239 e. The van der Waals surface area contributed by atoms with Gasteiger partial charge in [0.05, 0.1) is 12.0 Å². The van der Waals surface area contributed by atoms with Crippen LogP contribution < -0.4 is 11.1 Å². The van der Waals surface area contributed by atoms with Gasteiger partial charge in [-0.2, -0.15) is 0 Å². The molecule has 1 aliphatic heterocycles. The third kappa shape index (κ3) is 2.47. The van der Waals surface area contributed by atoms with E-state index < -0.39 is 5.41 Å². The number of carbonyl (C=O) groups is 2. The molecule has 3 N–H and O–H groups in total. The summed E-state index contributed by atoms with van der Waals surface area (Å²) in [5, 5.41) is 2.69. The standard InChI is InChI=1S/C10H19N3O2/c1-3-10(2,7-11)9(15)13-5-4-12-8(14)6-13/h3-7,11H2,1-2H3,(H,12,14). The zero-order valence-corrected chi connectivity index (χ0v) is 9.38. The summed E-state index contributed by atoms with van der Waals surface area (Å²) in [6, 6.07) is 0. The average molecular weight is 213 g/mol. The summed E-state index contributed by atoms with van der Waals surface area (Å²) in [7, 11) is 0. The lowest BCUT2D eigenvalue weighted by Crippen LogP contribution is -2.55. The zero-order chi connectivity index (χ0) is 11.5. The lowest BCUT2D eigenvalue weighted by Gasteiger charge is -2.34. The first-order valence-electron chi connectivity index (χ1n) is 5.29. The van der Waals surface area contributed by atoms with Crippen molar-refractivity contribution in [2.45, 2.75) is 20.3 Å². The van der Waals surface area contributed by atoms with E-state index in [4.69, 9.17) is 5.73 Å². The molecule has 0 aromatic heterocycles. The maximum atomic E-state index is 12.1. The highest BCUT2D eigenvalue weighted by molar-refractivity contribution is 5.88. The van der Waals surface area contributed by atoms with Crippen LogP contribution in [0.1, 0.15) is 20.3 Å². The van der Waals surface area contributed by atoms with Gasteiger partial charge in [0.15, 0.2) is 0 Å². The van der Waals surface area contributed by atoms with Crippen molar-refractivity contribution >= 4 is 11.8 Å². The Balaban J connectivity index is 2.70. The Morgan fingerprint density at radius 2 is 2.33 bits per heavy atom. The number of hydrogen-bond donors (Lipinski definition) is 2. The van der Waals surface area contributed by atoms with Gasteiger partial charge in [0.2, 0.25) is 11.8 Å². The van der Waals surface area contributed by atoms with Gasteiger partial charge in [0.25, 0.3) is 0 Å². The van der Waals surface area contributed by atoms with E-state index in [9.17, 15) is 9.59 Å². The molecule has 0 radical (unpaired) electrons. The topological polar surface area (TPSA) is 75.4 Å². The second-order valence-corrected chi connectivity index (χ2v) is 4.19. The predicted octanol–water partition coefficient (Wildman–Crippen LogP) is -0.680. The summed E-state index contributed by atoms with van der Waals surface area (Å²) in [4.78, 5) is 24.8. The van der Waals surface area contributed by atoms with Crippen molar-refractivity contribution in [1.29, 1.82) is 0 Å². The molecule has 0 bridgehead atoms. The highest BCUT2D eigenvalue weighted by atomic mass is 16.2. The average Bonchev–Trinajstić information content (AvgIpc) is 2.27. The Morgan fingerprint density at radius 3 is 2.80 bits per heavy atom. The normalized spacial score (nSPS) is 20.7. The summed E-state index contributed by atoms with van der Waals surface area (Å²) in [5.74, 6) is -0.104. The minimum absolute atomic E-state index is 0.0117. The molecule has 1 rings (SSSR count). The molecule has 1 heterocycles. The van der Waals surface area contributed by atoms with Gasteiger partial charge in [0.1, 0.15) is 0 Å². The number of amides is 2. The van der Waals surface area contributed by atoms with Crippen LogP contribution >= 0.6 is 0 Å². The van der Waals surface area contributed by atoms with Crippen molar-refractivity contribution in [2.24, 2.45) is 11.1 Å². The molecule has 1 unspecified atom stereocenters. The zero-order valence-electron chi connectivity index (χ0n) is 9.38. The van der Waals surface area contributed by atoms with Crippen LogP contribution in [0.2, 0.25) is 0 Å². The van der Waals surface area contributed by atoms with E-state index >= 15 is 0 Å². The first-order chi connectivity index (χ1) is 7.03. The van der Waals surface area contributed by atoms with Crippen molar-refractivity contribution < 1.29 is 9.59 Å². The Morgan fingerprint density at radius 1 is 1.67 bits per heavy atom. The van der Waals surface area contributed by atoms with E-state index in [0.717, 1.165) is 0 Å². The number of nitrogens with one attached hydrogen (secondary N) is 1. The molecular formula is C10H19N3O2. The fourth-order valence-electron chi connectivity index (χ4n) is 1.58. The number of carbonyl (C=O) groups excluding carboxylic acids is 2. The summed E-state index contributed by atoms with van der Waals surface area (Å²) < 4.78 is 0. The molecule has 1 saturated heterocycles. The number of rotatable bonds is 3. The SMILES string of the molecule is CCC(C)(CN)C(=O)N1CCNC(=O)C1. The molecule has 2 amide bonds. The molecule has 1 fully saturated rings. The second kappa shape index (κ2) is 4.61. The van der Waals surface area contributed by atoms with Gasteiger partial charge >= 0.3 is 0 Å². The lowest BCUT2D eigenvalue weighted by molar-refractivity contribution is -0.145. The van der Waals surface area contributed by atoms with Crippen molar-refractivity contribution in [3.63, 3.8) is 0 Å². The van der Waals surface area contributed by atoms with Gasteiger partial charge in [-0.3, -0.25) is 9.59 Å². The molecule has 5 heteroatoms. The first kappa shape index (κ1) is 12.0. The number of hydrogen-bond acceptors (Lipinski definition) is 3. The molecule has 1 atom stereocenters. The van der Waals surface area contributed by atoms with Crippen molar-refractivity contribution in [2.75, 3.05) is 26.2 Å². The highest BCUT2D eigenvalue weighted by Gasteiger charge is 2.35. The van der Waals surface area contributed by atoms with Gasteiger partial charge in [-0.1, -0.05) is 6.92 Å². The largest absolute Gasteiger partial charge is 0.353 e. The second-order valence-electron chi connectivity index (χ2n) is 4.19. The van der Waals surface area contributed by atoms with E-state index in [-0.39, 0.29) is 18.4 Å². The van der Waals surface area contributed by atoms with Crippen molar-refractivity contribution in [3.8, 4) is 0 Å². The van der Waals surface area contributed by atoms with Gasteiger partial charge in [-0.15, -0.1) is 0 Å². The van der Waals surface area contributed by atoms with Crippen LogP contribution in [0.15, 0.2) is 0 Å². The van der Waals surface area contributed by atoms with E-state index in [1.807, 2.05) is 13.8 Å². The van der Waals surface area contributed by atoms with E-state index in [1.54, 1.807) is 4.90 Å². The monoisotopic (exact) mass is 213 g/mol. The minimum atomic E-state index is -0.530. The number of nitrogens with two attached hydrogens (primary N) is 1. The van der Waals surface area contributed by atoms with Gasteiger partial charge in [0, 0.05) is 19.6 Å². The molecule has 0 aromatic rings. The first-order valence-corrected chi connectivity index (χ1v) is 5.29. The van der Waals surface area contributed by atoms with Crippen LogP contribution in [0.3, 0.4) is 0 Å². The van der Waals surface area contributed by atoms with Crippen LogP contribution in [0, 0.1) is 5.41 Å². The Hall–Kier alpha value is -1.10. The molecule has 0 spiro atoms. The molecule has 5 nitrogen and oxygen atoms in total. The summed E-state index contributed by atoms with van der Waals surface area (Å²) in [5.41, 5.74) is 5.08. The highest BCUT2D eigenvalue weighted by Crippen LogP contribution is 2.22. The van der Waals surface area contributed by atoms with Crippen LogP contribution in [0.25, 0.3) is 0 Å². The Bertz CT molecular complexity index is 261. The molecule has 86 valence electrons. The lowest BCUT2D eigenvalue weighted by atomic mass is 9.86. The molecular weight excluding hydrogens is 194 g/mol. The minimum Gasteiger partial charge on any atom is -0.353 e. The van der Waals surface area contributed by atoms with E-state index in [2.05, 4.69) is 5.32 Å². The van der Waals surface area contributed by atoms with E-state index in [1.165, 1.54) is 0 Å².